The molecule has 6 nitrogen and oxygen atoms in total. The van der Waals surface area contributed by atoms with Crippen LogP contribution < -0.4 is 4.74 Å². The summed E-state index contributed by atoms with van der Waals surface area (Å²) in [5.41, 5.74) is 4.01. The Balaban J connectivity index is 1.86. The number of carbonyl (C=O) groups is 1. The Bertz CT molecular complexity index is 1150. The summed E-state index contributed by atoms with van der Waals surface area (Å²) in [5, 5.41) is 19.3. The highest BCUT2D eigenvalue weighted by Crippen LogP contribution is 2.46. The highest BCUT2D eigenvalue weighted by atomic mass is 79.9. The standard InChI is InChI=1S/C22H21BrN2O4/c1-22(2)15-8-12(29-10-11(27)9-26)4-5-13(15)20(28)17-14-6-7-16(24-3)18(23)19(14)25-21(17)22/h4-8,11,25-27H,3,9-10H2,1-2H3/t11-/m1/s1. The van der Waals surface area contributed by atoms with E-state index in [1.54, 1.807) is 12.1 Å². The number of hydrogen-bond donors (Lipinski definition) is 3. The van der Waals surface area contributed by atoms with Gasteiger partial charge in [-0.1, -0.05) is 13.8 Å². The number of nitrogens with zero attached hydrogens (tertiary/aromatic N) is 1. The van der Waals surface area contributed by atoms with Gasteiger partial charge in [-0.25, -0.2) is 0 Å². The number of H-pyrrole nitrogens is 1. The highest BCUT2D eigenvalue weighted by molar-refractivity contribution is 9.10. The van der Waals surface area contributed by atoms with Crippen molar-refractivity contribution in [1.29, 1.82) is 0 Å². The molecular weight excluding hydrogens is 436 g/mol. The zero-order valence-corrected chi connectivity index (χ0v) is 17.7. The molecule has 1 heterocycles. The van der Waals surface area contributed by atoms with Gasteiger partial charge < -0.3 is 19.9 Å². The summed E-state index contributed by atoms with van der Waals surface area (Å²) < 4.78 is 6.36. The largest absolute Gasteiger partial charge is 0.491 e. The average molecular weight is 457 g/mol. The van der Waals surface area contributed by atoms with Gasteiger partial charge in [0.1, 0.15) is 18.5 Å². The third kappa shape index (κ3) is 3.01. The fourth-order valence-corrected chi connectivity index (χ4v) is 4.46. The molecule has 0 saturated carbocycles. The van der Waals surface area contributed by atoms with Crippen LogP contribution in [0.25, 0.3) is 10.9 Å². The summed E-state index contributed by atoms with van der Waals surface area (Å²) in [4.78, 5) is 20.8. The van der Waals surface area contributed by atoms with Crippen molar-refractivity contribution in [3.63, 3.8) is 0 Å². The first-order valence-corrected chi connectivity index (χ1v) is 10.0. The number of rotatable bonds is 5. The van der Waals surface area contributed by atoms with Gasteiger partial charge >= 0.3 is 0 Å². The van der Waals surface area contributed by atoms with Crippen LogP contribution in [-0.2, 0) is 5.41 Å². The second-order valence-corrected chi connectivity index (χ2v) is 8.46. The number of ketones is 1. The molecule has 1 atom stereocenters. The molecule has 0 fully saturated rings. The molecule has 150 valence electrons. The van der Waals surface area contributed by atoms with Gasteiger partial charge in [-0.3, -0.25) is 9.79 Å². The second-order valence-electron chi connectivity index (χ2n) is 7.66. The summed E-state index contributed by atoms with van der Waals surface area (Å²) in [6.07, 6.45) is -0.953. The molecule has 0 spiro atoms. The van der Waals surface area contributed by atoms with E-state index in [9.17, 15) is 9.90 Å². The molecule has 2 aromatic carbocycles. The van der Waals surface area contributed by atoms with Gasteiger partial charge in [0, 0.05) is 22.1 Å². The fraction of sp³-hybridized carbons (Fsp3) is 0.273. The van der Waals surface area contributed by atoms with Crippen molar-refractivity contribution in [3.8, 4) is 5.75 Å². The molecule has 3 N–H and O–H groups in total. The quantitative estimate of drug-likeness (QED) is 0.507. The van der Waals surface area contributed by atoms with Crippen molar-refractivity contribution in [2.75, 3.05) is 13.2 Å². The zero-order chi connectivity index (χ0) is 20.9. The third-order valence-corrected chi connectivity index (χ3v) is 6.28. The van der Waals surface area contributed by atoms with Crippen LogP contribution in [0.2, 0.25) is 0 Å². The molecule has 7 heteroatoms. The van der Waals surface area contributed by atoms with Crippen molar-refractivity contribution in [3.05, 3.63) is 57.2 Å². The fourth-order valence-electron chi connectivity index (χ4n) is 3.89. The predicted molar refractivity (Wildman–Crippen MR) is 116 cm³/mol. The minimum absolute atomic E-state index is 0.0222. The van der Waals surface area contributed by atoms with E-state index in [0.717, 1.165) is 26.6 Å². The van der Waals surface area contributed by atoms with E-state index in [0.29, 0.717) is 22.6 Å². The van der Waals surface area contributed by atoms with Crippen molar-refractivity contribution >= 4 is 45.0 Å². The Labute approximate surface area is 176 Å². The van der Waals surface area contributed by atoms with E-state index in [4.69, 9.17) is 9.84 Å². The normalized spacial score (nSPS) is 15.7. The average Bonchev–Trinajstić information content (AvgIpc) is 3.12. The number of aliphatic hydroxyl groups excluding tert-OH is 2. The van der Waals surface area contributed by atoms with E-state index in [1.165, 1.54) is 0 Å². The number of nitrogens with one attached hydrogen (secondary N) is 1. The Morgan fingerprint density at radius 3 is 2.76 bits per heavy atom. The van der Waals surface area contributed by atoms with Crippen LogP contribution >= 0.6 is 15.9 Å². The van der Waals surface area contributed by atoms with Crippen LogP contribution in [0.5, 0.6) is 5.75 Å². The molecule has 0 aliphatic heterocycles. The number of carbonyl (C=O) groups excluding carboxylic acids is 1. The minimum Gasteiger partial charge on any atom is -0.491 e. The van der Waals surface area contributed by atoms with Crippen molar-refractivity contribution in [2.24, 2.45) is 4.99 Å². The Morgan fingerprint density at radius 1 is 1.31 bits per heavy atom. The lowest BCUT2D eigenvalue weighted by molar-refractivity contribution is 0.0535. The number of aromatic amines is 1. The van der Waals surface area contributed by atoms with E-state index >= 15 is 0 Å². The molecule has 0 saturated heterocycles. The first-order valence-electron chi connectivity index (χ1n) is 9.22. The van der Waals surface area contributed by atoms with Crippen LogP contribution in [0, 0.1) is 0 Å². The lowest BCUT2D eigenvalue weighted by Gasteiger charge is -2.32. The molecule has 1 aliphatic carbocycles. The Kier molecular flexibility index (Phi) is 4.85. The number of ether oxygens (including phenoxy) is 1. The maximum absolute atomic E-state index is 13.4. The molecule has 1 aromatic heterocycles. The summed E-state index contributed by atoms with van der Waals surface area (Å²) >= 11 is 3.57. The lowest BCUT2D eigenvalue weighted by Crippen LogP contribution is -2.30. The van der Waals surface area contributed by atoms with Crippen LogP contribution in [-0.4, -0.2) is 47.0 Å². The van der Waals surface area contributed by atoms with Crippen molar-refractivity contribution < 1.29 is 19.7 Å². The topological polar surface area (TPSA) is 94.9 Å². The number of halogens is 1. The van der Waals surface area contributed by atoms with Gasteiger partial charge in [0.25, 0.3) is 0 Å². The van der Waals surface area contributed by atoms with Gasteiger partial charge in [0.15, 0.2) is 5.78 Å². The van der Waals surface area contributed by atoms with Gasteiger partial charge in [0.2, 0.25) is 0 Å². The number of hydrogen-bond acceptors (Lipinski definition) is 5. The molecule has 3 aromatic rings. The molecule has 0 amide bonds. The number of aliphatic imine (C=N–C) groups is 1. The maximum atomic E-state index is 13.4. The monoisotopic (exact) mass is 456 g/mol. The van der Waals surface area contributed by atoms with E-state index in [1.807, 2.05) is 18.2 Å². The summed E-state index contributed by atoms with van der Waals surface area (Å²) in [6, 6.07) is 9.04. The number of aromatic nitrogens is 1. The molecule has 0 bridgehead atoms. The highest BCUT2D eigenvalue weighted by Gasteiger charge is 2.40. The van der Waals surface area contributed by atoms with Crippen molar-refractivity contribution in [1.82, 2.24) is 4.98 Å². The van der Waals surface area contributed by atoms with Crippen LogP contribution in [0.15, 0.2) is 39.8 Å². The smallest absolute Gasteiger partial charge is 0.195 e. The zero-order valence-electron chi connectivity index (χ0n) is 16.1. The van der Waals surface area contributed by atoms with Gasteiger partial charge in [-0.2, -0.15) is 0 Å². The van der Waals surface area contributed by atoms with Crippen molar-refractivity contribution in [2.45, 2.75) is 25.4 Å². The lowest BCUT2D eigenvalue weighted by atomic mass is 9.71. The number of aliphatic hydroxyl groups is 2. The molecule has 29 heavy (non-hydrogen) atoms. The number of fused-ring (bicyclic) bond motifs is 4. The SMILES string of the molecule is C=Nc1ccc2c3c([nH]c2c1Br)C(C)(C)c1cc(OC[C@H](O)CO)ccc1C3=O. The molecule has 4 rings (SSSR count). The molecular formula is C22H21BrN2O4. The Hall–Kier alpha value is -2.48. The van der Waals surface area contributed by atoms with Gasteiger partial charge in [-0.05, 0) is 58.5 Å². The van der Waals surface area contributed by atoms with E-state index < -0.39 is 11.5 Å². The number of benzene rings is 2. The van der Waals surface area contributed by atoms with Gasteiger partial charge in [-0.15, -0.1) is 0 Å². The second kappa shape index (κ2) is 7.09. The predicted octanol–water partition coefficient (Wildman–Crippen LogP) is 3.86. The third-order valence-electron chi connectivity index (χ3n) is 5.48. The minimum atomic E-state index is -0.953. The van der Waals surface area contributed by atoms with Crippen LogP contribution in [0.4, 0.5) is 5.69 Å². The summed E-state index contributed by atoms with van der Waals surface area (Å²) in [5.74, 6) is 0.491. The molecule has 1 aliphatic rings. The van der Waals surface area contributed by atoms with Crippen LogP contribution in [0.1, 0.15) is 41.0 Å². The molecule has 0 radical (unpaired) electrons. The first-order chi connectivity index (χ1) is 13.8. The first kappa shape index (κ1) is 19.8. The summed E-state index contributed by atoms with van der Waals surface area (Å²) in [7, 11) is 0. The summed E-state index contributed by atoms with van der Waals surface area (Å²) in [6.45, 7) is 7.31. The molecule has 0 unspecified atom stereocenters. The van der Waals surface area contributed by atoms with E-state index in [2.05, 4.69) is 46.5 Å². The maximum Gasteiger partial charge on any atom is 0.195 e. The van der Waals surface area contributed by atoms with E-state index in [-0.39, 0.29) is 19.0 Å². The van der Waals surface area contributed by atoms with Gasteiger partial charge in [0.05, 0.1) is 27.8 Å². The van der Waals surface area contributed by atoms with Crippen LogP contribution in [0.3, 0.4) is 0 Å². The Morgan fingerprint density at radius 2 is 2.07 bits per heavy atom.